The van der Waals surface area contributed by atoms with Gasteiger partial charge in [-0.05, 0) is 32.6 Å². The highest BCUT2D eigenvalue weighted by Crippen LogP contribution is 2.44. The summed E-state index contributed by atoms with van der Waals surface area (Å²) in [5.74, 6) is 3.20. The zero-order valence-electron chi connectivity index (χ0n) is 10.3. The number of ketones is 1. The summed E-state index contributed by atoms with van der Waals surface area (Å²) < 4.78 is 0.0399. The minimum atomic E-state index is -0.0530. The van der Waals surface area contributed by atoms with Gasteiger partial charge in [-0.3, -0.25) is 4.79 Å². The Bertz CT molecular complexity index is 266. The molecule has 0 spiro atoms. The van der Waals surface area contributed by atoms with E-state index >= 15 is 0 Å². The second-order valence-corrected chi connectivity index (χ2v) is 8.61. The van der Waals surface area contributed by atoms with Crippen LogP contribution >= 0.6 is 0 Å². The molecule has 2 rings (SSSR count). The first kappa shape index (κ1) is 11.5. The molecule has 0 aromatic rings. The highest BCUT2D eigenvalue weighted by atomic mass is 32.2. The highest BCUT2D eigenvalue weighted by molar-refractivity contribution is 7.99. The van der Waals surface area contributed by atoms with Crippen molar-refractivity contribution in [2.24, 2.45) is 5.41 Å². The molecule has 0 amide bonds. The standard InChI is InChI=1S/C13H23OS/c1-12(2)7-6-8-13(3,11(12)14)15-9-4-5-10-15/h4-10H2,1-3H3/q+1. The second-order valence-electron chi connectivity index (χ2n) is 5.91. The molecule has 2 aliphatic rings. The summed E-state index contributed by atoms with van der Waals surface area (Å²) >= 11 is 0. The average molecular weight is 227 g/mol. The molecule has 1 unspecified atom stereocenters. The maximum Gasteiger partial charge on any atom is 0.193 e. The van der Waals surface area contributed by atoms with E-state index < -0.39 is 0 Å². The van der Waals surface area contributed by atoms with Gasteiger partial charge in [-0.2, -0.15) is 0 Å². The van der Waals surface area contributed by atoms with E-state index in [4.69, 9.17) is 0 Å². The zero-order valence-corrected chi connectivity index (χ0v) is 11.1. The highest BCUT2D eigenvalue weighted by Gasteiger charge is 2.56. The third kappa shape index (κ3) is 1.86. The van der Waals surface area contributed by atoms with Gasteiger partial charge >= 0.3 is 0 Å². The van der Waals surface area contributed by atoms with Crippen LogP contribution in [0.5, 0.6) is 0 Å². The van der Waals surface area contributed by atoms with Gasteiger partial charge in [-0.1, -0.05) is 13.8 Å². The van der Waals surface area contributed by atoms with Crippen LogP contribution in [0.4, 0.5) is 0 Å². The lowest BCUT2D eigenvalue weighted by atomic mass is 9.71. The third-order valence-electron chi connectivity index (χ3n) is 4.22. The molecule has 0 N–H and O–H groups in total. The van der Waals surface area contributed by atoms with Crippen LogP contribution in [0.2, 0.25) is 0 Å². The molecule has 1 aliphatic heterocycles. The van der Waals surface area contributed by atoms with Gasteiger partial charge in [0.2, 0.25) is 0 Å². The maximum absolute atomic E-state index is 12.6. The minimum absolute atomic E-state index is 0.0399. The van der Waals surface area contributed by atoms with Gasteiger partial charge in [-0.25, -0.2) is 0 Å². The van der Waals surface area contributed by atoms with Crippen LogP contribution in [0, 0.1) is 5.41 Å². The largest absolute Gasteiger partial charge is 0.293 e. The van der Waals surface area contributed by atoms with E-state index in [0.29, 0.717) is 16.7 Å². The van der Waals surface area contributed by atoms with E-state index in [9.17, 15) is 4.79 Å². The van der Waals surface area contributed by atoms with Crippen LogP contribution in [0.15, 0.2) is 0 Å². The molecule has 0 bridgehead atoms. The lowest BCUT2D eigenvalue weighted by Gasteiger charge is -2.39. The summed E-state index contributed by atoms with van der Waals surface area (Å²) in [4.78, 5) is 12.6. The Morgan fingerprint density at radius 2 is 1.60 bits per heavy atom. The van der Waals surface area contributed by atoms with Gasteiger partial charge < -0.3 is 0 Å². The Morgan fingerprint density at radius 1 is 1.00 bits per heavy atom. The molecular formula is C13H23OS+. The lowest BCUT2D eigenvalue weighted by Crippen LogP contribution is -2.53. The molecule has 1 saturated heterocycles. The van der Waals surface area contributed by atoms with Crippen LogP contribution in [0.25, 0.3) is 0 Å². The summed E-state index contributed by atoms with van der Waals surface area (Å²) in [6.07, 6.45) is 6.20. The van der Waals surface area contributed by atoms with Crippen LogP contribution in [0.1, 0.15) is 52.9 Å². The van der Waals surface area contributed by atoms with Crippen molar-refractivity contribution in [3.63, 3.8) is 0 Å². The number of rotatable bonds is 1. The molecule has 86 valence electrons. The Kier molecular flexibility index (Phi) is 2.91. The Morgan fingerprint density at radius 3 is 2.20 bits per heavy atom. The van der Waals surface area contributed by atoms with E-state index in [1.54, 1.807) is 0 Å². The fourth-order valence-corrected chi connectivity index (χ4v) is 6.37. The predicted octanol–water partition coefficient (Wildman–Crippen LogP) is 2.94. The number of hydrogen-bond acceptors (Lipinski definition) is 1. The predicted molar refractivity (Wildman–Crippen MR) is 67.4 cm³/mol. The van der Waals surface area contributed by atoms with Gasteiger partial charge in [0, 0.05) is 22.7 Å². The molecule has 1 heterocycles. The van der Waals surface area contributed by atoms with Crippen molar-refractivity contribution in [3.05, 3.63) is 0 Å². The molecule has 1 saturated carbocycles. The summed E-state index contributed by atoms with van der Waals surface area (Å²) in [5, 5.41) is 0. The quantitative estimate of drug-likeness (QED) is 0.630. The molecule has 2 heteroatoms. The molecule has 0 aromatic carbocycles. The molecule has 0 aromatic heterocycles. The van der Waals surface area contributed by atoms with Gasteiger partial charge in [-0.15, -0.1) is 0 Å². The van der Waals surface area contributed by atoms with Crippen molar-refractivity contribution in [1.82, 2.24) is 0 Å². The van der Waals surface area contributed by atoms with Gasteiger partial charge in [0.15, 0.2) is 10.5 Å². The Hall–Kier alpha value is 0.0200. The topological polar surface area (TPSA) is 17.1 Å². The molecule has 1 nitrogen and oxygen atoms in total. The van der Waals surface area contributed by atoms with Gasteiger partial charge in [0.25, 0.3) is 0 Å². The van der Waals surface area contributed by atoms with Crippen molar-refractivity contribution in [2.75, 3.05) is 11.5 Å². The molecule has 15 heavy (non-hydrogen) atoms. The zero-order chi connectivity index (χ0) is 11.1. The van der Waals surface area contributed by atoms with Crippen molar-refractivity contribution in [3.8, 4) is 0 Å². The summed E-state index contributed by atoms with van der Waals surface area (Å²) in [7, 11) is 0.394. The number of carbonyl (C=O) groups excluding carboxylic acids is 1. The Balaban J connectivity index is 2.22. The normalized spacial score (nSPS) is 37.1. The van der Waals surface area contributed by atoms with Crippen LogP contribution in [-0.2, 0) is 15.7 Å². The average Bonchev–Trinajstić information content (AvgIpc) is 2.67. The van der Waals surface area contributed by atoms with E-state index in [0.717, 1.165) is 12.8 Å². The van der Waals surface area contributed by atoms with E-state index in [-0.39, 0.29) is 10.2 Å². The second kappa shape index (κ2) is 3.80. The number of hydrogen-bond donors (Lipinski definition) is 0. The van der Waals surface area contributed by atoms with E-state index in [1.165, 1.54) is 30.8 Å². The van der Waals surface area contributed by atoms with Crippen molar-refractivity contribution < 1.29 is 4.79 Å². The molecule has 1 aliphatic carbocycles. The van der Waals surface area contributed by atoms with Gasteiger partial charge in [0.05, 0.1) is 0 Å². The molecule has 1 atom stereocenters. The van der Waals surface area contributed by atoms with Crippen LogP contribution in [-0.4, -0.2) is 22.0 Å². The first-order valence-electron chi connectivity index (χ1n) is 6.19. The van der Waals surface area contributed by atoms with E-state index in [1.807, 2.05) is 0 Å². The summed E-state index contributed by atoms with van der Waals surface area (Å²) in [6, 6.07) is 0. The fourth-order valence-electron chi connectivity index (χ4n) is 3.19. The fraction of sp³-hybridized carbons (Fsp3) is 0.923. The maximum atomic E-state index is 12.6. The van der Waals surface area contributed by atoms with Crippen molar-refractivity contribution in [2.45, 2.75) is 57.6 Å². The first-order valence-corrected chi connectivity index (χ1v) is 7.76. The molecular weight excluding hydrogens is 204 g/mol. The van der Waals surface area contributed by atoms with Crippen molar-refractivity contribution >= 4 is 16.7 Å². The summed E-state index contributed by atoms with van der Waals surface area (Å²) in [6.45, 7) is 6.54. The summed E-state index contributed by atoms with van der Waals surface area (Å²) in [5.41, 5.74) is -0.0530. The lowest BCUT2D eigenvalue weighted by molar-refractivity contribution is -0.131. The Labute approximate surface area is 96.4 Å². The van der Waals surface area contributed by atoms with Crippen LogP contribution < -0.4 is 0 Å². The minimum Gasteiger partial charge on any atom is -0.293 e. The smallest absolute Gasteiger partial charge is 0.193 e. The SMILES string of the molecule is CC1(C)CCCC(C)([S+]2CCCC2)C1=O. The van der Waals surface area contributed by atoms with E-state index in [2.05, 4.69) is 20.8 Å². The number of carbonyl (C=O) groups is 1. The van der Waals surface area contributed by atoms with Crippen molar-refractivity contribution in [1.29, 1.82) is 0 Å². The molecule has 2 fully saturated rings. The third-order valence-corrected chi connectivity index (χ3v) is 7.45. The van der Waals surface area contributed by atoms with Gasteiger partial charge in [0.1, 0.15) is 11.5 Å². The number of Topliss-reactive ketones (excluding diaryl/α,β-unsaturated/α-hetero) is 1. The van der Waals surface area contributed by atoms with Crippen LogP contribution in [0.3, 0.4) is 0 Å². The first-order chi connectivity index (χ1) is 6.97. The molecule has 0 radical (unpaired) electrons. The monoisotopic (exact) mass is 227 g/mol.